The van der Waals surface area contributed by atoms with E-state index in [9.17, 15) is 4.39 Å². The van der Waals surface area contributed by atoms with Gasteiger partial charge in [-0.2, -0.15) is 10.1 Å². The van der Waals surface area contributed by atoms with Crippen LogP contribution < -0.4 is 14.8 Å². The SMILES string of the molecule is COc1ccc(C2=C[C@@H](c3ccc(F)cc3)n3ncnc3N2)cc1OC. The highest BCUT2D eigenvalue weighted by Crippen LogP contribution is 2.35. The van der Waals surface area contributed by atoms with Crippen molar-refractivity contribution in [3.63, 3.8) is 0 Å². The summed E-state index contributed by atoms with van der Waals surface area (Å²) in [5.41, 5.74) is 2.70. The fourth-order valence-corrected chi connectivity index (χ4v) is 3.00. The molecule has 1 aliphatic heterocycles. The highest BCUT2D eigenvalue weighted by Gasteiger charge is 2.24. The molecule has 6 nitrogen and oxygen atoms in total. The van der Waals surface area contributed by atoms with E-state index in [1.807, 2.05) is 24.3 Å². The van der Waals surface area contributed by atoms with Gasteiger partial charge in [-0.1, -0.05) is 12.1 Å². The Morgan fingerprint density at radius 2 is 1.81 bits per heavy atom. The zero-order valence-electron chi connectivity index (χ0n) is 14.3. The highest BCUT2D eigenvalue weighted by molar-refractivity contribution is 5.78. The summed E-state index contributed by atoms with van der Waals surface area (Å²) in [5, 5.41) is 7.56. The van der Waals surface area contributed by atoms with Crippen LogP contribution in [0.1, 0.15) is 17.2 Å². The van der Waals surface area contributed by atoms with Crippen LogP contribution >= 0.6 is 0 Å². The Kier molecular flexibility index (Phi) is 4.04. The number of methoxy groups -OCH3 is 2. The highest BCUT2D eigenvalue weighted by atomic mass is 19.1. The maximum absolute atomic E-state index is 13.3. The van der Waals surface area contributed by atoms with Crippen LogP contribution in [-0.4, -0.2) is 29.0 Å². The fourth-order valence-electron chi connectivity index (χ4n) is 3.00. The maximum Gasteiger partial charge on any atom is 0.226 e. The largest absolute Gasteiger partial charge is 0.493 e. The Morgan fingerprint density at radius 3 is 2.54 bits per heavy atom. The number of hydrogen-bond acceptors (Lipinski definition) is 5. The molecule has 0 amide bonds. The summed E-state index contributed by atoms with van der Waals surface area (Å²) in [6.07, 6.45) is 3.51. The van der Waals surface area contributed by atoms with Crippen LogP contribution in [0.3, 0.4) is 0 Å². The number of allylic oxidation sites excluding steroid dienone is 1. The lowest BCUT2D eigenvalue weighted by Gasteiger charge is -2.24. The molecule has 0 bridgehead atoms. The standard InChI is InChI=1S/C19H17FN4O2/c1-25-17-8-5-13(9-18(17)26-2)15-10-16(12-3-6-14(20)7-4-12)24-19(23-15)21-11-22-24/h3-11,16H,1-2H3,(H,21,22,23)/t16-/m0/s1. The Morgan fingerprint density at radius 1 is 1.04 bits per heavy atom. The first-order valence-corrected chi connectivity index (χ1v) is 8.06. The number of halogens is 1. The van der Waals surface area contributed by atoms with E-state index in [-0.39, 0.29) is 11.9 Å². The molecule has 1 aliphatic rings. The third-order valence-electron chi connectivity index (χ3n) is 4.31. The smallest absolute Gasteiger partial charge is 0.226 e. The van der Waals surface area contributed by atoms with Gasteiger partial charge in [0, 0.05) is 11.3 Å². The van der Waals surface area contributed by atoms with Gasteiger partial charge in [0.15, 0.2) is 11.5 Å². The summed E-state index contributed by atoms with van der Waals surface area (Å²) in [4.78, 5) is 4.27. The van der Waals surface area contributed by atoms with Crippen LogP contribution in [-0.2, 0) is 0 Å². The second-order valence-corrected chi connectivity index (χ2v) is 5.80. The molecule has 7 heteroatoms. The Labute approximate surface area is 149 Å². The van der Waals surface area contributed by atoms with E-state index in [1.54, 1.807) is 31.0 Å². The molecular weight excluding hydrogens is 335 g/mol. The first-order chi connectivity index (χ1) is 12.7. The minimum atomic E-state index is -0.273. The monoisotopic (exact) mass is 352 g/mol. The van der Waals surface area contributed by atoms with E-state index in [0.717, 1.165) is 16.8 Å². The molecule has 0 saturated carbocycles. The molecule has 0 spiro atoms. The van der Waals surface area contributed by atoms with Gasteiger partial charge in [-0.15, -0.1) is 0 Å². The minimum absolute atomic E-state index is 0.197. The number of anilines is 1. The van der Waals surface area contributed by atoms with Crippen LogP contribution in [0.5, 0.6) is 11.5 Å². The Hall–Kier alpha value is -3.35. The summed E-state index contributed by atoms with van der Waals surface area (Å²) in [6.45, 7) is 0. The lowest BCUT2D eigenvalue weighted by atomic mass is 10.0. The van der Waals surface area contributed by atoms with Gasteiger partial charge in [0.1, 0.15) is 18.2 Å². The van der Waals surface area contributed by atoms with E-state index >= 15 is 0 Å². The first-order valence-electron chi connectivity index (χ1n) is 8.06. The summed E-state index contributed by atoms with van der Waals surface area (Å²) in [5.74, 6) is 1.64. The van der Waals surface area contributed by atoms with E-state index in [2.05, 4.69) is 15.4 Å². The molecule has 0 saturated heterocycles. The van der Waals surface area contributed by atoms with Crippen LogP contribution in [0.4, 0.5) is 10.3 Å². The molecule has 132 valence electrons. The molecule has 0 radical (unpaired) electrons. The van der Waals surface area contributed by atoms with Crippen LogP contribution in [0, 0.1) is 5.82 Å². The molecular formula is C19H17FN4O2. The van der Waals surface area contributed by atoms with Gasteiger partial charge in [0.2, 0.25) is 5.95 Å². The van der Waals surface area contributed by atoms with Crippen LogP contribution in [0.2, 0.25) is 0 Å². The Balaban J connectivity index is 1.78. The molecule has 0 aliphatic carbocycles. The van der Waals surface area contributed by atoms with Crippen molar-refractivity contribution in [1.29, 1.82) is 0 Å². The molecule has 1 atom stereocenters. The third kappa shape index (κ3) is 2.77. The lowest BCUT2D eigenvalue weighted by molar-refractivity contribution is 0.355. The molecule has 1 N–H and O–H groups in total. The molecule has 0 fully saturated rings. The maximum atomic E-state index is 13.3. The molecule has 1 aromatic heterocycles. The van der Waals surface area contributed by atoms with Crippen LogP contribution in [0.25, 0.3) is 5.70 Å². The van der Waals surface area contributed by atoms with Gasteiger partial charge in [-0.05, 0) is 42.0 Å². The second kappa shape index (κ2) is 6.51. The van der Waals surface area contributed by atoms with Crippen molar-refractivity contribution >= 4 is 11.6 Å². The number of benzene rings is 2. The van der Waals surface area contributed by atoms with Gasteiger partial charge in [0.25, 0.3) is 0 Å². The number of nitrogens with zero attached hydrogens (tertiary/aromatic N) is 3. The molecule has 2 heterocycles. The first kappa shape index (κ1) is 16.1. The van der Waals surface area contributed by atoms with Crippen molar-refractivity contribution in [2.75, 3.05) is 19.5 Å². The molecule has 2 aromatic carbocycles. The van der Waals surface area contributed by atoms with Gasteiger partial charge in [-0.3, -0.25) is 0 Å². The number of rotatable bonds is 4. The average molecular weight is 352 g/mol. The number of aromatic nitrogens is 3. The second-order valence-electron chi connectivity index (χ2n) is 5.80. The Bertz CT molecular complexity index is 966. The van der Waals surface area contributed by atoms with E-state index in [0.29, 0.717) is 17.4 Å². The number of ether oxygens (including phenoxy) is 2. The van der Waals surface area contributed by atoms with Gasteiger partial charge < -0.3 is 14.8 Å². The zero-order valence-corrected chi connectivity index (χ0v) is 14.3. The summed E-state index contributed by atoms with van der Waals surface area (Å²) in [7, 11) is 3.20. The minimum Gasteiger partial charge on any atom is -0.493 e. The zero-order chi connectivity index (χ0) is 18.1. The number of hydrogen-bond donors (Lipinski definition) is 1. The summed E-state index contributed by atoms with van der Waals surface area (Å²) in [6, 6.07) is 11.9. The summed E-state index contributed by atoms with van der Waals surface area (Å²) < 4.78 is 25.7. The predicted octanol–water partition coefficient (Wildman–Crippen LogP) is 3.49. The molecule has 26 heavy (non-hydrogen) atoms. The van der Waals surface area contributed by atoms with Crippen molar-refractivity contribution in [2.24, 2.45) is 0 Å². The summed E-state index contributed by atoms with van der Waals surface area (Å²) >= 11 is 0. The lowest BCUT2D eigenvalue weighted by Crippen LogP contribution is -2.20. The van der Waals surface area contributed by atoms with Gasteiger partial charge in [-0.25, -0.2) is 9.07 Å². The van der Waals surface area contributed by atoms with Crippen molar-refractivity contribution < 1.29 is 13.9 Å². The third-order valence-corrected chi connectivity index (χ3v) is 4.31. The number of fused-ring (bicyclic) bond motifs is 1. The predicted molar refractivity (Wildman–Crippen MR) is 95.7 cm³/mol. The molecule has 0 unspecified atom stereocenters. The van der Waals surface area contributed by atoms with E-state index in [1.165, 1.54) is 18.5 Å². The van der Waals surface area contributed by atoms with Crippen molar-refractivity contribution in [3.8, 4) is 11.5 Å². The fraction of sp³-hybridized carbons (Fsp3) is 0.158. The average Bonchev–Trinajstić information content (AvgIpc) is 3.16. The topological polar surface area (TPSA) is 61.2 Å². The van der Waals surface area contributed by atoms with Crippen molar-refractivity contribution in [1.82, 2.24) is 14.8 Å². The van der Waals surface area contributed by atoms with E-state index < -0.39 is 0 Å². The van der Waals surface area contributed by atoms with Crippen molar-refractivity contribution in [2.45, 2.75) is 6.04 Å². The quantitative estimate of drug-likeness (QED) is 0.779. The molecule has 3 aromatic rings. The van der Waals surface area contributed by atoms with Gasteiger partial charge in [0.05, 0.1) is 14.2 Å². The van der Waals surface area contributed by atoms with Crippen molar-refractivity contribution in [3.05, 3.63) is 71.8 Å². The molecule has 4 rings (SSSR count). The normalized spacial score (nSPS) is 15.7. The number of nitrogens with one attached hydrogen (secondary N) is 1. The van der Waals surface area contributed by atoms with E-state index in [4.69, 9.17) is 9.47 Å². The van der Waals surface area contributed by atoms with Gasteiger partial charge >= 0.3 is 0 Å². The van der Waals surface area contributed by atoms with Crippen LogP contribution in [0.15, 0.2) is 54.9 Å².